The molecule has 3 rings (SSSR count). The number of nitrogens with one attached hydrogen (secondary N) is 2. The second-order valence-corrected chi connectivity index (χ2v) is 6.48. The standard InChI is InChI=1S/C14H14N2O3S/c17-14-13(7-8-15-14)16-20(18,19)12-6-5-10-3-1-2-4-11(10)9-12/h1-6,9,13,16H,7-8H2,(H,15,17)/t13-/m0/s1. The molecule has 1 heterocycles. The predicted molar refractivity (Wildman–Crippen MR) is 75.7 cm³/mol. The summed E-state index contributed by atoms with van der Waals surface area (Å²) in [5.41, 5.74) is 0. The zero-order chi connectivity index (χ0) is 14.2. The lowest BCUT2D eigenvalue weighted by atomic mass is 10.1. The second-order valence-electron chi connectivity index (χ2n) is 4.76. The summed E-state index contributed by atoms with van der Waals surface area (Å²) < 4.78 is 27.0. The number of fused-ring (bicyclic) bond motifs is 1. The number of hydrogen-bond acceptors (Lipinski definition) is 3. The Morgan fingerprint density at radius 3 is 2.55 bits per heavy atom. The third-order valence-corrected chi connectivity index (χ3v) is 4.85. The highest BCUT2D eigenvalue weighted by molar-refractivity contribution is 7.89. The Hall–Kier alpha value is -1.92. The van der Waals surface area contributed by atoms with E-state index in [9.17, 15) is 13.2 Å². The minimum absolute atomic E-state index is 0.177. The van der Waals surface area contributed by atoms with Crippen molar-refractivity contribution in [3.63, 3.8) is 0 Å². The SMILES string of the molecule is O=C1NCC[C@@H]1NS(=O)(=O)c1ccc2ccccc2c1. The van der Waals surface area contributed by atoms with Gasteiger partial charge in [-0.2, -0.15) is 4.72 Å². The van der Waals surface area contributed by atoms with E-state index in [4.69, 9.17) is 0 Å². The minimum atomic E-state index is -3.68. The maximum Gasteiger partial charge on any atom is 0.241 e. The molecule has 1 aliphatic heterocycles. The molecule has 6 heteroatoms. The zero-order valence-corrected chi connectivity index (χ0v) is 11.5. The molecule has 1 aliphatic rings. The van der Waals surface area contributed by atoms with E-state index in [1.165, 1.54) is 0 Å². The van der Waals surface area contributed by atoms with Crippen LogP contribution in [-0.2, 0) is 14.8 Å². The number of amides is 1. The van der Waals surface area contributed by atoms with Crippen molar-refractivity contribution in [2.75, 3.05) is 6.54 Å². The lowest BCUT2D eigenvalue weighted by Gasteiger charge is -2.11. The topological polar surface area (TPSA) is 75.3 Å². The molecule has 2 aromatic rings. The van der Waals surface area contributed by atoms with Crippen LogP contribution >= 0.6 is 0 Å². The molecule has 1 amide bonds. The number of carbonyl (C=O) groups excluding carboxylic acids is 1. The summed E-state index contributed by atoms with van der Waals surface area (Å²) in [6.45, 7) is 0.504. The van der Waals surface area contributed by atoms with Crippen LogP contribution in [0.1, 0.15) is 6.42 Å². The first-order valence-corrected chi connectivity index (χ1v) is 7.83. The average Bonchev–Trinajstić information content (AvgIpc) is 2.83. The van der Waals surface area contributed by atoms with Gasteiger partial charge in [0.2, 0.25) is 15.9 Å². The summed E-state index contributed by atoms with van der Waals surface area (Å²) in [5, 5.41) is 4.44. The van der Waals surface area contributed by atoms with Crippen LogP contribution in [0, 0.1) is 0 Å². The van der Waals surface area contributed by atoms with Crippen LogP contribution in [-0.4, -0.2) is 26.9 Å². The van der Waals surface area contributed by atoms with Crippen LogP contribution < -0.4 is 10.0 Å². The first-order valence-electron chi connectivity index (χ1n) is 6.35. The van der Waals surface area contributed by atoms with Gasteiger partial charge in [0.1, 0.15) is 6.04 Å². The van der Waals surface area contributed by atoms with Crippen molar-refractivity contribution in [3.8, 4) is 0 Å². The third-order valence-electron chi connectivity index (χ3n) is 3.38. The summed E-state index contributed by atoms with van der Waals surface area (Å²) in [6.07, 6.45) is 0.478. The molecule has 1 saturated heterocycles. The highest BCUT2D eigenvalue weighted by atomic mass is 32.2. The summed E-state index contributed by atoms with van der Waals surface area (Å²) in [5.74, 6) is -0.269. The molecular formula is C14H14N2O3S. The molecule has 2 N–H and O–H groups in total. The van der Waals surface area contributed by atoms with Crippen molar-refractivity contribution in [1.29, 1.82) is 0 Å². The third kappa shape index (κ3) is 2.39. The highest BCUT2D eigenvalue weighted by Crippen LogP contribution is 2.19. The Morgan fingerprint density at radius 1 is 1.10 bits per heavy atom. The van der Waals surface area contributed by atoms with E-state index < -0.39 is 16.1 Å². The van der Waals surface area contributed by atoms with Gasteiger partial charge in [0.05, 0.1) is 4.90 Å². The summed E-state index contributed by atoms with van der Waals surface area (Å²) in [4.78, 5) is 11.6. The maximum atomic E-state index is 12.3. The van der Waals surface area contributed by atoms with Crippen LogP contribution in [0.4, 0.5) is 0 Å². The first kappa shape index (κ1) is 13.1. The van der Waals surface area contributed by atoms with Gasteiger partial charge in [-0.1, -0.05) is 30.3 Å². The van der Waals surface area contributed by atoms with Crippen molar-refractivity contribution in [2.45, 2.75) is 17.4 Å². The van der Waals surface area contributed by atoms with Crippen molar-refractivity contribution >= 4 is 26.7 Å². The number of hydrogen-bond donors (Lipinski definition) is 2. The Bertz CT molecular complexity index is 771. The van der Waals surface area contributed by atoms with Gasteiger partial charge in [0.25, 0.3) is 0 Å². The Morgan fingerprint density at radius 2 is 1.85 bits per heavy atom. The Labute approximate surface area is 117 Å². The van der Waals surface area contributed by atoms with Crippen LogP contribution in [0.3, 0.4) is 0 Å². The predicted octanol–water partition coefficient (Wildman–Crippen LogP) is 1.01. The van der Waals surface area contributed by atoms with Gasteiger partial charge < -0.3 is 5.32 Å². The van der Waals surface area contributed by atoms with E-state index in [0.29, 0.717) is 13.0 Å². The van der Waals surface area contributed by atoms with Gasteiger partial charge in [-0.15, -0.1) is 0 Å². The molecule has 5 nitrogen and oxygen atoms in total. The Kier molecular flexibility index (Phi) is 3.19. The molecule has 104 valence electrons. The molecule has 0 radical (unpaired) electrons. The molecule has 0 bridgehead atoms. The van der Waals surface area contributed by atoms with E-state index in [1.54, 1.807) is 18.2 Å². The number of carbonyl (C=O) groups is 1. The summed E-state index contributed by atoms with van der Waals surface area (Å²) in [7, 11) is -3.68. The second kappa shape index (κ2) is 4.88. The van der Waals surface area contributed by atoms with Crippen molar-refractivity contribution in [3.05, 3.63) is 42.5 Å². The van der Waals surface area contributed by atoms with Crippen molar-refractivity contribution in [1.82, 2.24) is 10.0 Å². The van der Waals surface area contributed by atoms with Gasteiger partial charge in [0, 0.05) is 6.54 Å². The molecule has 1 fully saturated rings. The molecule has 0 aliphatic carbocycles. The molecule has 0 unspecified atom stereocenters. The zero-order valence-electron chi connectivity index (χ0n) is 10.7. The van der Waals surface area contributed by atoms with E-state index in [1.807, 2.05) is 24.3 Å². The maximum absolute atomic E-state index is 12.3. The van der Waals surface area contributed by atoms with Crippen LogP contribution in [0.15, 0.2) is 47.4 Å². The van der Waals surface area contributed by atoms with Gasteiger partial charge in [-0.25, -0.2) is 8.42 Å². The van der Waals surface area contributed by atoms with Crippen molar-refractivity contribution in [2.24, 2.45) is 0 Å². The van der Waals surface area contributed by atoms with Gasteiger partial charge >= 0.3 is 0 Å². The monoisotopic (exact) mass is 290 g/mol. The van der Waals surface area contributed by atoms with Gasteiger partial charge in [0.15, 0.2) is 0 Å². The van der Waals surface area contributed by atoms with E-state index in [2.05, 4.69) is 10.0 Å². The fourth-order valence-electron chi connectivity index (χ4n) is 2.30. The number of rotatable bonds is 3. The molecule has 20 heavy (non-hydrogen) atoms. The fraction of sp³-hybridized carbons (Fsp3) is 0.214. The highest BCUT2D eigenvalue weighted by Gasteiger charge is 2.29. The van der Waals surface area contributed by atoms with E-state index in [0.717, 1.165) is 10.8 Å². The average molecular weight is 290 g/mol. The number of sulfonamides is 1. The quantitative estimate of drug-likeness (QED) is 0.885. The lowest BCUT2D eigenvalue weighted by Crippen LogP contribution is -2.40. The van der Waals surface area contributed by atoms with Crippen LogP contribution in [0.2, 0.25) is 0 Å². The van der Waals surface area contributed by atoms with E-state index >= 15 is 0 Å². The molecule has 0 aromatic heterocycles. The first-order chi connectivity index (χ1) is 9.56. The summed E-state index contributed by atoms with van der Waals surface area (Å²) >= 11 is 0. The number of benzene rings is 2. The molecule has 0 spiro atoms. The lowest BCUT2D eigenvalue weighted by molar-refractivity contribution is -0.120. The molecule has 2 aromatic carbocycles. The smallest absolute Gasteiger partial charge is 0.241 e. The normalized spacial score (nSPS) is 19.2. The molecule has 0 saturated carbocycles. The Balaban J connectivity index is 1.94. The summed E-state index contributed by atoms with van der Waals surface area (Å²) in [6, 6.07) is 11.8. The van der Waals surface area contributed by atoms with Crippen LogP contribution in [0.5, 0.6) is 0 Å². The largest absolute Gasteiger partial charge is 0.355 e. The minimum Gasteiger partial charge on any atom is -0.355 e. The van der Waals surface area contributed by atoms with Gasteiger partial charge in [-0.05, 0) is 29.3 Å². The van der Waals surface area contributed by atoms with Gasteiger partial charge in [-0.3, -0.25) is 4.79 Å². The molecule has 1 atom stereocenters. The van der Waals surface area contributed by atoms with E-state index in [-0.39, 0.29) is 10.8 Å². The van der Waals surface area contributed by atoms with Crippen LogP contribution in [0.25, 0.3) is 10.8 Å². The van der Waals surface area contributed by atoms with Crippen molar-refractivity contribution < 1.29 is 13.2 Å². The molecular weight excluding hydrogens is 276 g/mol. The fourth-order valence-corrected chi connectivity index (χ4v) is 3.56.